The Balaban J connectivity index is 2.21. The van der Waals surface area contributed by atoms with Crippen LogP contribution in [0.15, 0.2) is 0 Å². The minimum atomic E-state index is 0.380. The standard InChI is InChI=1S/C10H22N2O2/c1-13-6-4-12-10(7-11)9-3-2-5-14-8-9/h9-10,12H,2-8,11H2,1H3. The summed E-state index contributed by atoms with van der Waals surface area (Å²) in [6, 6.07) is 0.380. The highest BCUT2D eigenvalue weighted by Gasteiger charge is 2.22. The van der Waals surface area contributed by atoms with E-state index in [4.69, 9.17) is 15.2 Å². The van der Waals surface area contributed by atoms with Gasteiger partial charge in [0.25, 0.3) is 0 Å². The lowest BCUT2D eigenvalue weighted by Gasteiger charge is -2.30. The van der Waals surface area contributed by atoms with E-state index in [1.165, 1.54) is 6.42 Å². The number of hydrogen-bond donors (Lipinski definition) is 2. The van der Waals surface area contributed by atoms with Crippen molar-refractivity contribution in [1.82, 2.24) is 5.32 Å². The minimum absolute atomic E-state index is 0.380. The molecule has 0 aromatic rings. The monoisotopic (exact) mass is 202 g/mol. The number of rotatable bonds is 6. The van der Waals surface area contributed by atoms with Crippen LogP contribution < -0.4 is 11.1 Å². The largest absolute Gasteiger partial charge is 0.383 e. The van der Waals surface area contributed by atoms with Gasteiger partial charge in [-0.15, -0.1) is 0 Å². The molecule has 1 fully saturated rings. The Labute approximate surface area is 86.1 Å². The van der Waals surface area contributed by atoms with E-state index < -0.39 is 0 Å². The fourth-order valence-corrected chi connectivity index (χ4v) is 1.87. The Bertz CT molecular complexity index is 138. The van der Waals surface area contributed by atoms with Crippen molar-refractivity contribution in [1.29, 1.82) is 0 Å². The van der Waals surface area contributed by atoms with E-state index in [0.29, 0.717) is 18.5 Å². The number of methoxy groups -OCH3 is 1. The zero-order valence-corrected chi connectivity index (χ0v) is 9.00. The molecule has 84 valence electrons. The average molecular weight is 202 g/mol. The molecule has 14 heavy (non-hydrogen) atoms. The van der Waals surface area contributed by atoms with Gasteiger partial charge in [0.2, 0.25) is 0 Å². The van der Waals surface area contributed by atoms with Crippen LogP contribution in [0.2, 0.25) is 0 Å². The predicted octanol–water partition coefficient (Wildman–Crippen LogP) is -0.0237. The Morgan fingerprint density at radius 3 is 3.07 bits per heavy atom. The maximum atomic E-state index is 5.73. The highest BCUT2D eigenvalue weighted by molar-refractivity contribution is 4.79. The molecule has 2 unspecified atom stereocenters. The summed E-state index contributed by atoms with van der Waals surface area (Å²) < 4.78 is 10.4. The summed E-state index contributed by atoms with van der Waals surface area (Å²) in [5.41, 5.74) is 5.73. The second-order valence-corrected chi connectivity index (χ2v) is 3.77. The Hall–Kier alpha value is -0.160. The SMILES string of the molecule is COCCNC(CN)C1CCCOC1. The van der Waals surface area contributed by atoms with Gasteiger partial charge in [0.05, 0.1) is 13.2 Å². The summed E-state index contributed by atoms with van der Waals surface area (Å²) in [4.78, 5) is 0. The van der Waals surface area contributed by atoms with Crippen LogP contribution in [0, 0.1) is 5.92 Å². The smallest absolute Gasteiger partial charge is 0.0587 e. The molecule has 0 radical (unpaired) electrons. The lowest BCUT2D eigenvalue weighted by molar-refractivity contribution is 0.0394. The van der Waals surface area contributed by atoms with Crippen LogP contribution in [0.1, 0.15) is 12.8 Å². The van der Waals surface area contributed by atoms with Gasteiger partial charge >= 0.3 is 0 Å². The highest BCUT2D eigenvalue weighted by Crippen LogP contribution is 2.16. The first-order chi connectivity index (χ1) is 6.88. The molecule has 0 aromatic carbocycles. The summed E-state index contributed by atoms with van der Waals surface area (Å²) in [6.45, 7) is 4.05. The van der Waals surface area contributed by atoms with E-state index in [0.717, 1.165) is 32.8 Å². The molecule has 0 saturated carbocycles. The van der Waals surface area contributed by atoms with Gasteiger partial charge in [-0.1, -0.05) is 0 Å². The van der Waals surface area contributed by atoms with Crippen molar-refractivity contribution in [2.75, 3.05) is 40.0 Å². The second kappa shape index (κ2) is 7.17. The first-order valence-electron chi connectivity index (χ1n) is 5.38. The van der Waals surface area contributed by atoms with Crippen LogP contribution in [0.25, 0.3) is 0 Å². The summed E-state index contributed by atoms with van der Waals surface area (Å²) in [5.74, 6) is 0.575. The molecule has 2 atom stereocenters. The van der Waals surface area contributed by atoms with Crippen molar-refractivity contribution in [2.45, 2.75) is 18.9 Å². The summed E-state index contributed by atoms with van der Waals surface area (Å²) >= 11 is 0. The lowest BCUT2D eigenvalue weighted by Crippen LogP contribution is -2.46. The fraction of sp³-hybridized carbons (Fsp3) is 1.00. The van der Waals surface area contributed by atoms with Crippen molar-refractivity contribution < 1.29 is 9.47 Å². The van der Waals surface area contributed by atoms with Gasteiger partial charge in [-0.05, 0) is 18.8 Å². The van der Waals surface area contributed by atoms with Crippen LogP contribution in [-0.2, 0) is 9.47 Å². The fourth-order valence-electron chi connectivity index (χ4n) is 1.87. The number of nitrogens with one attached hydrogen (secondary N) is 1. The first kappa shape index (κ1) is 11.9. The highest BCUT2D eigenvalue weighted by atomic mass is 16.5. The molecular weight excluding hydrogens is 180 g/mol. The van der Waals surface area contributed by atoms with E-state index in [1.54, 1.807) is 7.11 Å². The second-order valence-electron chi connectivity index (χ2n) is 3.77. The van der Waals surface area contributed by atoms with Crippen molar-refractivity contribution in [3.8, 4) is 0 Å². The van der Waals surface area contributed by atoms with E-state index >= 15 is 0 Å². The van der Waals surface area contributed by atoms with Gasteiger partial charge in [-0.2, -0.15) is 0 Å². The maximum absolute atomic E-state index is 5.73. The van der Waals surface area contributed by atoms with Crippen LogP contribution in [-0.4, -0.2) is 46.1 Å². The van der Waals surface area contributed by atoms with Gasteiger partial charge in [-0.3, -0.25) is 0 Å². The van der Waals surface area contributed by atoms with E-state index in [-0.39, 0.29) is 0 Å². The lowest BCUT2D eigenvalue weighted by atomic mass is 9.94. The summed E-state index contributed by atoms with van der Waals surface area (Å²) in [7, 11) is 1.71. The first-order valence-corrected chi connectivity index (χ1v) is 5.38. The van der Waals surface area contributed by atoms with Crippen LogP contribution >= 0.6 is 0 Å². The molecule has 1 heterocycles. The van der Waals surface area contributed by atoms with E-state index in [1.807, 2.05) is 0 Å². The van der Waals surface area contributed by atoms with Crippen LogP contribution in [0.4, 0.5) is 0 Å². The third kappa shape index (κ3) is 3.92. The van der Waals surface area contributed by atoms with Crippen molar-refractivity contribution >= 4 is 0 Å². The number of hydrogen-bond acceptors (Lipinski definition) is 4. The number of nitrogens with two attached hydrogens (primary N) is 1. The van der Waals surface area contributed by atoms with Crippen molar-refractivity contribution in [2.24, 2.45) is 11.7 Å². The van der Waals surface area contributed by atoms with E-state index in [2.05, 4.69) is 5.32 Å². The molecule has 1 saturated heterocycles. The summed E-state index contributed by atoms with van der Waals surface area (Å²) in [6.07, 6.45) is 2.38. The van der Waals surface area contributed by atoms with Gasteiger partial charge < -0.3 is 20.5 Å². The quantitative estimate of drug-likeness (QED) is 0.594. The Morgan fingerprint density at radius 1 is 1.64 bits per heavy atom. The van der Waals surface area contributed by atoms with Gasteiger partial charge in [0.15, 0.2) is 0 Å². The zero-order chi connectivity index (χ0) is 10.2. The Kier molecular flexibility index (Phi) is 6.10. The van der Waals surface area contributed by atoms with Crippen molar-refractivity contribution in [3.63, 3.8) is 0 Å². The van der Waals surface area contributed by atoms with Crippen molar-refractivity contribution in [3.05, 3.63) is 0 Å². The molecule has 1 rings (SSSR count). The zero-order valence-electron chi connectivity index (χ0n) is 9.00. The predicted molar refractivity (Wildman–Crippen MR) is 56.3 cm³/mol. The third-order valence-electron chi connectivity index (χ3n) is 2.73. The molecule has 0 spiro atoms. The molecule has 0 aliphatic carbocycles. The Morgan fingerprint density at radius 2 is 2.50 bits per heavy atom. The maximum Gasteiger partial charge on any atom is 0.0587 e. The molecule has 0 amide bonds. The van der Waals surface area contributed by atoms with Gasteiger partial charge in [0, 0.05) is 32.8 Å². The van der Waals surface area contributed by atoms with Crippen LogP contribution in [0.3, 0.4) is 0 Å². The molecule has 1 aliphatic heterocycles. The molecular formula is C10H22N2O2. The van der Waals surface area contributed by atoms with E-state index in [9.17, 15) is 0 Å². The number of ether oxygens (including phenoxy) is 2. The molecule has 1 aliphatic rings. The molecule has 3 N–H and O–H groups in total. The topological polar surface area (TPSA) is 56.5 Å². The average Bonchev–Trinajstić information content (AvgIpc) is 2.26. The third-order valence-corrected chi connectivity index (χ3v) is 2.73. The minimum Gasteiger partial charge on any atom is -0.383 e. The molecule has 0 bridgehead atoms. The van der Waals surface area contributed by atoms with Gasteiger partial charge in [0.1, 0.15) is 0 Å². The van der Waals surface area contributed by atoms with Gasteiger partial charge in [-0.25, -0.2) is 0 Å². The molecule has 4 nitrogen and oxygen atoms in total. The normalized spacial score (nSPS) is 24.9. The summed E-state index contributed by atoms with van der Waals surface area (Å²) in [5, 5.41) is 3.41. The molecule has 0 aromatic heterocycles. The molecule has 4 heteroatoms. The van der Waals surface area contributed by atoms with Crippen LogP contribution in [0.5, 0.6) is 0 Å².